The SMILES string of the molecule is Cn1c(SCc2ccccc2C#N)nnc1N1CCOCC1. The molecule has 1 saturated heterocycles. The molecule has 114 valence electrons. The maximum Gasteiger partial charge on any atom is 0.227 e. The van der Waals surface area contributed by atoms with E-state index in [2.05, 4.69) is 21.2 Å². The number of aromatic nitrogens is 3. The van der Waals surface area contributed by atoms with Crippen molar-refractivity contribution in [3.8, 4) is 6.07 Å². The van der Waals surface area contributed by atoms with E-state index in [0.29, 0.717) is 11.3 Å². The maximum absolute atomic E-state index is 9.13. The molecule has 1 aromatic carbocycles. The van der Waals surface area contributed by atoms with Crippen molar-refractivity contribution in [1.29, 1.82) is 5.26 Å². The Morgan fingerprint density at radius 1 is 1.27 bits per heavy atom. The molecule has 22 heavy (non-hydrogen) atoms. The molecule has 0 aliphatic carbocycles. The van der Waals surface area contributed by atoms with Crippen molar-refractivity contribution in [3.05, 3.63) is 35.4 Å². The normalized spacial score (nSPS) is 14.8. The Hall–Kier alpha value is -2.04. The summed E-state index contributed by atoms with van der Waals surface area (Å²) in [6, 6.07) is 9.87. The summed E-state index contributed by atoms with van der Waals surface area (Å²) in [6.45, 7) is 3.14. The standard InChI is InChI=1S/C15H17N5OS/c1-19-14(20-6-8-21-9-7-20)17-18-15(19)22-11-13-5-3-2-4-12(13)10-16/h2-5H,6-9,11H2,1H3. The summed E-state index contributed by atoms with van der Waals surface area (Å²) in [7, 11) is 1.98. The lowest BCUT2D eigenvalue weighted by molar-refractivity contribution is 0.121. The number of anilines is 1. The number of nitrogens with zero attached hydrogens (tertiary/aromatic N) is 5. The molecule has 1 aliphatic rings. The highest BCUT2D eigenvalue weighted by Crippen LogP contribution is 2.25. The maximum atomic E-state index is 9.13. The molecule has 0 radical (unpaired) electrons. The highest BCUT2D eigenvalue weighted by Gasteiger charge is 2.18. The summed E-state index contributed by atoms with van der Waals surface area (Å²) in [5.74, 6) is 1.58. The Kier molecular flexibility index (Phi) is 4.61. The van der Waals surface area contributed by atoms with Gasteiger partial charge in [-0.3, -0.25) is 4.57 Å². The monoisotopic (exact) mass is 315 g/mol. The molecule has 0 saturated carbocycles. The summed E-state index contributed by atoms with van der Waals surface area (Å²) in [6.07, 6.45) is 0. The van der Waals surface area contributed by atoms with E-state index in [1.165, 1.54) is 0 Å². The van der Waals surface area contributed by atoms with Gasteiger partial charge in [0.05, 0.1) is 24.8 Å². The number of hydrogen-bond donors (Lipinski definition) is 0. The zero-order valence-corrected chi connectivity index (χ0v) is 13.2. The molecule has 3 rings (SSSR count). The van der Waals surface area contributed by atoms with Gasteiger partial charge in [0.2, 0.25) is 5.95 Å². The van der Waals surface area contributed by atoms with E-state index in [1.54, 1.807) is 11.8 Å². The Morgan fingerprint density at radius 2 is 2.05 bits per heavy atom. The fourth-order valence-electron chi connectivity index (χ4n) is 2.37. The van der Waals surface area contributed by atoms with E-state index in [4.69, 9.17) is 10.00 Å². The van der Waals surface area contributed by atoms with Gasteiger partial charge in [0.1, 0.15) is 0 Å². The van der Waals surface area contributed by atoms with Crippen molar-refractivity contribution in [3.63, 3.8) is 0 Å². The van der Waals surface area contributed by atoms with Crippen LogP contribution >= 0.6 is 11.8 Å². The fraction of sp³-hybridized carbons (Fsp3) is 0.400. The van der Waals surface area contributed by atoms with E-state index in [1.807, 2.05) is 35.9 Å². The minimum absolute atomic E-state index is 0.707. The van der Waals surface area contributed by atoms with Crippen molar-refractivity contribution in [2.24, 2.45) is 7.05 Å². The van der Waals surface area contributed by atoms with Gasteiger partial charge in [-0.05, 0) is 11.6 Å². The third kappa shape index (κ3) is 3.08. The molecule has 0 bridgehead atoms. The van der Waals surface area contributed by atoms with Crippen LogP contribution < -0.4 is 4.90 Å². The molecule has 2 aromatic rings. The zero-order valence-electron chi connectivity index (χ0n) is 12.4. The highest BCUT2D eigenvalue weighted by molar-refractivity contribution is 7.98. The summed E-state index contributed by atoms with van der Waals surface area (Å²) < 4.78 is 7.37. The van der Waals surface area contributed by atoms with Gasteiger partial charge < -0.3 is 9.64 Å². The first kappa shape index (κ1) is 14.9. The molecule has 2 heterocycles. The van der Waals surface area contributed by atoms with Gasteiger partial charge in [-0.25, -0.2) is 0 Å². The Bertz CT molecular complexity index is 687. The first-order valence-electron chi connectivity index (χ1n) is 7.12. The third-order valence-electron chi connectivity index (χ3n) is 3.60. The number of ether oxygens (including phenoxy) is 1. The Labute approximate surface area is 133 Å². The molecule has 1 fully saturated rings. The molecule has 0 unspecified atom stereocenters. The molecule has 7 heteroatoms. The topological polar surface area (TPSA) is 67.0 Å². The molecule has 1 aliphatic heterocycles. The lowest BCUT2D eigenvalue weighted by Gasteiger charge is -2.27. The van der Waals surface area contributed by atoms with Crippen molar-refractivity contribution in [1.82, 2.24) is 14.8 Å². The predicted octanol–water partition coefficient (Wildman–Crippen LogP) is 1.82. The van der Waals surface area contributed by atoms with E-state index in [9.17, 15) is 0 Å². The number of nitriles is 1. The predicted molar refractivity (Wildman–Crippen MR) is 84.8 cm³/mol. The second-order valence-corrected chi connectivity index (χ2v) is 5.94. The number of hydrogen-bond acceptors (Lipinski definition) is 6. The first-order chi connectivity index (χ1) is 10.8. The van der Waals surface area contributed by atoms with Crippen LogP contribution in [-0.2, 0) is 17.5 Å². The van der Waals surface area contributed by atoms with Gasteiger partial charge in [0, 0.05) is 25.9 Å². The van der Waals surface area contributed by atoms with E-state index in [-0.39, 0.29) is 0 Å². The number of rotatable bonds is 4. The van der Waals surface area contributed by atoms with E-state index in [0.717, 1.165) is 43.0 Å². The summed E-state index contributed by atoms with van der Waals surface area (Å²) in [5.41, 5.74) is 1.73. The third-order valence-corrected chi connectivity index (χ3v) is 4.67. The lowest BCUT2D eigenvalue weighted by atomic mass is 10.1. The van der Waals surface area contributed by atoms with Crippen LogP contribution in [-0.4, -0.2) is 41.1 Å². The van der Waals surface area contributed by atoms with Gasteiger partial charge in [0.15, 0.2) is 5.16 Å². The number of thioether (sulfide) groups is 1. The molecule has 6 nitrogen and oxygen atoms in total. The van der Waals surface area contributed by atoms with Crippen LogP contribution in [0.1, 0.15) is 11.1 Å². The van der Waals surface area contributed by atoms with Crippen LogP contribution in [0.15, 0.2) is 29.4 Å². The number of benzene rings is 1. The number of morpholine rings is 1. The Morgan fingerprint density at radius 3 is 2.82 bits per heavy atom. The van der Waals surface area contributed by atoms with Crippen molar-refractivity contribution in [2.45, 2.75) is 10.9 Å². The van der Waals surface area contributed by atoms with Gasteiger partial charge in [-0.1, -0.05) is 30.0 Å². The lowest BCUT2D eigenvalue weighted by Crippen LogP contribution is -2.37. The zero-order chi connectivity index (χ0) is 15.4. The molecule has 0 atom stereocenters. The Balaban J connectivity index is 1.71. The minimum atomic E-state index is 0.707. The fourth-order valence-corrected chi connectivity index (χ4v) is 3.28. The smallest absolute Gasteiger partial charge is 0.227 e. The largest absolute Gasteiger partial charge is 0.378 e. The van der Waals surface area contributed by atoms with Gasteiger partial charge in [-0.15, -0.1) is 10.2 Å². The summed E-state index contributed by atoms with van der Waals surface area (Å²) >= 11 is 1.59. The van der Waals surface area contributed by atoms with Crippen LogP contribution in [0.4, 0.5) is 5.95 Å². The minimum Gasteiger partial charge on any atom is -0.378 e. The summed E-state index contributed by atoms with van der Waals surface area (Å²) in [4.78, 5) is 2.18. The van der Waals surface area contributed by atoms with Crippen LogP contribution in [0.3, 0.4) is 0 Å². The van der Waals surface area contributed by atoms with Crippen LogP contribution in [0, 0.1) is 11.3 Å². The van der Waals surface area contributed by atoms with Crippen molar-refractivity contribution >= 4 is 17.7 Å². The van der Waals surface area contributed by atoms with Crippen LogP contribution in [0.25, 0.3) is 0 Å². The first-order valence-corrected chi connectivity index (χ1v) is 8.11. The van der Waals surface area contributed by atoms with E-state index >= 15 is 0 Å². The molecule has 0 spiro atoms. The molecule has 0 N–H and O–H groups in total. The van der Waals surface area contributed by atoms with Gasteiger partial charge in [0.25, 0.3) is 0 Å². The summed E-state index contributed by atoms with van der Waals surface area (Å²) in [5, 5.41) is 18.6. The molecule has 1 aromatic heterocycles. The quantitative estimate of drug-likeness (QED) is 0.802. The second kappa shape index (κ2) is 6.81. The van der Waals surface area contributed by atoms with Crippen LogP contribution in [0.5, 0.6) is 0 Å². The highest BCUT2D eigenvalue weighted by atomic mass is 32.2. The second-order valence-electron chi connectivity index (χ2n) is 5.00. The average Bonchev–Trinajstić information content (AvgIpc) is 2.95. The van der Waals surface area contributed by atoms with Gasteiger partial charge >= 0.3 is 0 Å². The van der Waals surface area contributed by atoms with Crippen molar-refractivity contribution in [2.75, 3.05) is 31.2 Å². The van der Waals surface area contributed by atoms with E-state index < -0.39 is 0 Å². The molecule has 0 amide bonds. The van der Waals surface area contributed by atoms with Crippen LogP contribution in [0.2, 0.25) is 0 Å². The molecular formula is C15H17N5OS. The van der Waals surface area contributed by atoms with Gasteiger partial charge in [-0.2, -0.15) is 5.26 Å². The average molecular weight is 315 g/mol. The van der Waals surface area contributed by atoms with Crippen molar-refractivity contribution < 1.29 is 4.74 Å². The molecular weight excluding hydrogens is 298 g/mol.